The zero-order valence-corrected chi connectivity index (χ0v) is 25.3. The molecule has 14 heteroatoms. The Kier molecular flexibility index (Phi) is 10.3. The highest BCUT2D eigenvalue weighted by Crippen LogP contribution is 2.20. The van der Waals surface area contributed by atoms with E-state index < -0.39 is 37.1 Å². The summed E-state index contributed by atoms with van der Waals surface area (Å²) in [6, 6.07) is 18.4. The maximum absolute atomic E-state index is 13.6. The van der Waals surface area contributed by atoms with Crippen LogP contribution in [-0.4, -0.2) is 72.0 Å². The van der Waals surface area contributed by atoms with Gasteiger partial charge in [0, 0.05) is 26.2 Å². The zero-order chi connectivity index (χ0) is 29.7. The van der Waals surface area contributed by atoms with E-state index in [2.05, 4.69) is 4.72 Å². The average Bonchev–Trinajstić information content (AvgIpc) is 2.88. The van der Waals surface area contributed by atoms with Crippen molar-refractivity contribution in [2.45, 2.75) is 42.3 Å². The van der Waals surface area contributed by atoms with Gasteiger partial charge in [0.1, 0.15) is 0 Å². The molecule has 40 heavy (non-hydrogen) atoms. The van der Waals surface area contributed by atoms with Crippen molar-refractivity contribution in [1.82, 2.24) is 13.2 Å². The summed E-state index contributed by atoms with van der Waals surface area (Å²) in [4.78, 5) is -0.0298. The zero-order valence-electron chi connectivity index (χ0n) is 22.8. The smallest absolute Gasteiger partial charge is 0.390 e. The van der Waals surface area contributed by atoms with E-state index in [4.69, 9.17) is 0 Å². The van der Waals surface area contributed by atoms with E-state index in [1.165, 1.54) is 43.2 Å². The van der Waals surface area contributed by atoms with Crippen LogP contribution in [0.2, 0.25) is 6.82 Å². The first-order valence-electron chi connectivity index (χ1n) is 12.5. The fraction of sp³-hybridized carbons (Fsp3) is 0.308. The van der Waals surface area contributed by atoms with Crippen LogP contribution in [-0.2, 0) is 30.1 Å². The van der Waals surface area contributed by atoms with Crippen molar-refractivity contribution in [3.63, 3.8) is 0 Å². The Hall–Kier alpha value is -2.59. The van der Waals surface area contributed by atoms with Gasteiger partial charge in [-0.1, -0.05) is 53.1 Å². The topological polar surface area (TPSA) is 141 Å². The summed E-state index contributed by atoms with van der Waals surface area (Å²) in [5, 5.41) is 10.3. The van der Waals surface area contributed by atoms with Gasteiger partial charge in [-0.2, -0.15) is 4.31 Å². The SMILES string of the molecule is CB(O)N(CCN(CCNS(=O)(=O)c1ccc(C)cc1)S(=O)(=O)c1ccc(C)cc1)S(=O)(=O)c1ccc(C)cc1. The van der Waals surface area contributed by atoms with Gasteiger partial charge in [-0.3, -0.25) is 0 Å². The Labute approximate surface area is 237 Å². The third kappa shape index (κ3) is 7.78. The van der Waals surface area contributed by atoms with Gasteiger partial charge in [-0.15, -0.1) is 0 Å². The highest BCUT2D eigenvalue weighted by Gasteiger charge is 2.33. The molecule has 0 aliphatic heterocycles. The quantitative estimate of drug-likeness (QED) is 0.284. The Bertz CT molecular complexity index is 1610. The van der Waals surface area contributed by atoms with Crippen molar-refractivity contribution >= 4 is 37.1 Å². The molecule has 0 saturated heterocycles. The van der Waals surface area contributed by atoms with E-state index in [0.717, 1.165) is 25.2 Å². The van der Waals surface area contributed by atoms with Gasteiger partial charge in [0.2, 0.25) is 30.1 Å². The number of nitrogens with zero attached hydrogens (tertiary/aromatic N) is 2. The largest absolute Gasteiger partial charge is 0.437 e. The van der Waals surface area contributed by atoms with Crippen LogP contribution in [0.4, 0.5) is 0 Å². The molecule has 2 N–H and O–H groups in total. The molecular weight excluding hydrogens is 573 g/mol. The first kappa shape index (κ1) is 31.9. The second kappa shape index (κ2) is 12.9. The van der Waals surface area contributed by atoms with E-state index in [-0.39, 0.29) is 40.9 Å². The lowest BCUT2D eigenvalue weighted by molar-refractivity contribution is 0.377. The van der Waals surface area contributed by atoms with Gasteiger partial charge in [0.15, 0.2) is 0 Å². The van der Waals surface area contributed by atoms with Crippen LogP contribution >= 0.6 is 0 Å². The highest BCUT2D eigenvalue weighted by atomic mass is 32.2. The molecule has 0 heterocycles. The van der Waals surface area contributed by atoms with E-state index >= 15 is 0 Å². The minimum Gasteiger partial charge on any atom is -0.437 e. The molecule has 10 nitrogen and oxygen atoms in total. The van der Waals surface area contributed by atoms with Gasteiger partial charge in [0.25, 0.3) is 0 Å². The van der Waals surface area contributed by atoms with Gasteiger partial charge < -0.3 is 5.02 Å². The summed E-state index contributed by atoms with van der Waals surface area (Å²) in [6.07, 6.45) is 0. The molecule has 3 aromatic carbocycles. The second-order valence-electron chi connectivity index (χ2n) is 9.49. The normalized spacial score (nSPS) is 12.7. The van der Waals surface area contributed by atoms with Crippen LogP contribution in [0.5, 0.6) is 0 Å². The van der Waals surface area contributed by atoms with E-state index in [1.807, 2.05) is 20.8 Å². The van der Waals surface area contributed by atoms with E-state index in [9.17, 15) is 30.3 Å². The lowest BCUT2D eigenvalue weighted by Gasteiger charge is -2.28. The molecule has 0 saturated carbocycles. The number of sulfonamides is 3. The first-order chi connectivity index (χ1) is 18.6. The molecule has 0 fully saturated rings. The lowest BCUT2D eigenvalue weighted by atomic mass is 9.89. The summed E-state index contributed by atoms with van der Waals surface area (Å²) < 4.78 is 83.4. The number of aryl methyl sites for hydroxylation is 3. The maximum atomic E-state index is 13.6. The number of nitrogens with one attached hydrogen (secondary N) is 1. The van der Waals surface area contributed by atoms with Crippen LogP contribution in [0.15, 0.2) is 87.5 Å². The number of rotatable bonds is 13. The van der Waals surface area contributed by atoms with Crippen molar-refractivity contribution in [3.8, 4) is 0 Å². The minimum atomic E-state index is -4.16. The van der Waals surface area contributed by atoms with Crippen LogP contribution in [0.1, 0.15) is 16.7 Å². The number of hydrogen-bond acceptors (Lipinski definition) is 7. The third-order valence-corrected chi connectivity index (χ3v) is 11.6. The molecule has 0 atom stereocenters. The molecule has 0 amide bonds. The molecule has 3 aromatic rings. The summed E-state index contributed by atoms with van der Waals surface area (Å²) in [6.45, 7) is 5.48. The van der Waals surface area contributed by atoms with Crippen molar-refractivity contribution < 1.29 is 30.3 Å². The number of benzene rings is 3. The lowest BCUT2D eigenvalue weighted by Crippen LogP contribution is -2.48. The van der Waals surface area contributed by atoms with Gasteiger partial charge >= 0.3 is 7.05 Å². The van der Waals surface area contributed by atoms with Gasteiger partial charge in [-0.25, -0.2) is 34.2 Å². The van der Waals surface area contributed by atoms with Crippen molar-refractivity contribution in [1.29, 1.82) is 0 Å². The van der Waals surface area contributed by atoms with Crippen molar-refractivity contribution in [3.05, 3.63) is 89.5 Å². The molecule has 0 unspecified atom stereocenters. The van der Waals surface area contributed by atoms with Crippen LogP contribution < -0.4 is 4.72 Å². The van der Waals surface area contributed by atoms with Crippen LogP contribution in [0, 0.1) is 20.8 Å². The molecule has 0 aliphatic rings. The van der Waals surface area contributed by atoms with Crippen molar-refractivity contribution in [2.75, 3.05) is 26.2 Å². The predicted molar refractivity (Wildman–Crippen MR) is 155 cm³/mol. The fourth-order valence-electron chi connectivity index (χ4n) is 3.88. The molecule has 0 aliphatic carbocycles. The fourth-order valence-corrected chi connectivity index (χ4v) is 7.81. The average molecular weight is 608 g/mol. The van der Waals surface area contributed by atoms with Crippen LogP contribution in [0.3, 0.4) is 0 Å². The Morgan fingerprint density at radius 1 is 0.625 bits per heavy atom. The summed E-state index contributed by atoms with van der Waals surface area (Å²) in [5.41, 5.74) is 2.59. The van der Waals surface area contributed by atoms with E-state index in [0.29, 0.717) is 0 Å². The molecule has 216 valence electrons. The predicted octanol–water partition coefficient (Wildman–Crippen LogP) is 2.38. The molecule has 0 bridgehead atoms. The second-order valence-corrected chi connectivity index (χ2v) is 15.1. The molecule has 0 spiro atoms. The molecular formula is C26H34BN3O7S3. The summed E-state index contributed by atoms with van der Waals surface area (Å²) in [7, 11) is -13.7. The summed E-state index contributed by atoms with van der Waals surface area (Å²) >= 11 is 0. The third-order valence-electron chi connectivity index (χ3n) is 6.26. The van der Waals surface area contributed by atoms with Crippen molar-refractivity contribution in [2.24, 2.45) is 0 Å². The van der Waals surface area contributed by atoms with E-state index in [1.54, 1.807) is 36.4 Å². The monoisotopic (exact) mass is 607 g/mol. The molecule has 3 rings (SSSR count). The van der Waals surface area contributed by atoms with Gasteiger partial charge in [-0.05, 0) is 64.0 Å². The van der Waals surface area contributed by atoms with Gasteiger partial charge in [0.05, 0.1) is 14.7 Å². The Morgan fingerprint density at radius 3 is 1.45 bits per heavy atom. The van der Waals surface area contributed by atoms with Crippen LogP contribution in [0.25, 0.3) is 0 Å². The standard InChI is InChI=1S/C26H34BN3O7S3/c1-21-5-11-24(12-6-21)38(32,33)28-17-18-29(39(34,35)25-13-7-22(2)8-14-25)19-20-30(27(4)31)40(36,37)26-15-9-23(3)10-16-26/h5-16,28,31H,17-20H2,1-4H3. The summed E-state index contributed by atoms with van der Waals surface area (Å²) in [5.74, 6) is 0. The Morgan fingerprint density at radius 2 is 1.02 bits per heavy atom. The minimum absolute atomic E-state index is 0.0236. The first-order valence-corrected chi connectivity index (χ1v) is 16.9. The molecule has 0 radical (unpaired) electrons. The molecule has 0 aromatic heterocycles. The Balaban J connectivity index is 1.86. The number of hydrogen-bond donors (Lipinski definition) is 2. The maximum Gasteiger partial charge on any atom is 0.390 e. The highest BCUT2D eigenvalue weighted by molar-refractivity contribution is 7.90.